The van der Waals surface area contributed by atoms with E-state index in [4.69, 9.17) is 0 Å². The van der Waals surface area contributed by atoms with Gasteiger partial charge in [0, 0.05) is 52.0 Å². The van der Waals surface area contributed by atoms with E-state index in [0.29, 0.717) is 0 Å². The van der Waals surface area contributed by atoms with Gasteiger partial charge in [-0.05, 0) is 36.2 Å². The predicted octanol–water partition coefficient (Wildman–Crippen LogP) is 3.25. The van der Waals surface area contributed by atoms with Crippen LogP contribution in [0.1, 0.15) is 24.1 Å². The van der Waals surface area contributed by atoms with Crippen LogP contribution in [0.25, 0.3) is 0 Å². The number of halogens is 2. The lowest BCUT2D eigenvalue weighted by atomic mass is 10.0. The van der Waals surface area contributed by atoms with Gasteiger partial charge in [0.2, 0.25) is 0 Å². The van der Waals surface area contributed by atoms with Crippen molar-refractivity contribution in [1.82, 2.24) is 15.2 Å². The van der Waals surface area contributed by atoms with Crippen molar-refractivity contribution in [2.24, 2.45) is 0 Å². The molecule has 3 rings (SSSR count). The molecule has 0 spiro atoms. The molecule has 0 saturated carbocycles. The fourth-order valence-corrected chi connectivity index (χ4v) is 3.11. The quantitative estimate of drug-likeness (QED) is 0.882. The molecule has 1 saturated heterocycles. The maximum atomic E-state index is 13.6. The molecule has 1 aliphatic rings. The minimum atomic E-state index is -0.174. The number of aromatic nitrogens is 1. The first-order chi connectivity index (χ1) is 11.7. The van der Waals surface area contributed by atoms with Gasteiger partial charge < -0.3 is 10.2 Å². The van der Waals surface area contributed by atoms with Gasteiger partial charge in [0.05, 0.1) is 0 Å². The van der Waals surface area contributed by atoms with Crippen LogP contribution in [0.4, 0.5) is 10.2 Å². The molecule has 0 amide bonds. The second-order valence-electron chi connectivity index (χ2n) is 6.28. The van der Waals surface area contributed by atoms with Gasteiger partial charge in [0.25, 0.3) is 0 Å². The third-order valence-electron chi connectivity index (χ3n) is 4.65. The van der Waals surface area contributed by atoms with Crippen molar-refractivity contribution >= 4 is 18.2 Å². The van der Waals surface area contributed by atoms with Gasteiger partial charge in [-0.3, -0.25) is 4.90 Å². The van der Waals surface area contributed by atoms with Crippen LogP contribution in [0, 0.1) is 5.82 Å². The number of benzene rings is 1. The highest BCUT2D eigenvalue weighted by Gasteiger charge is 2.24. The molecule has 0 bridgehead atoms. The second kappa shape index (κ2) is 9.13. The van der Waals surface area contributed by atoms with E-state index in [-0.39, 0.29) is 24.3 Å². The van der Waals surface area contributed by atoms with Gasteiger partial charge in [-0.2, -0.15) is 0 Å². The summed E-state index contributed by atoms with van der Waals surface area (Å²) in [5.41, 5.74) is 2.21. The molecular weight excluding hydrogens is 339 g/mol. The first-order valence-corrected chi connectivity index (χ1v) is 8.53. The van der Waals surface area contributed by atoms with Crippen molar-refractivity contribution in [1.29, 1.82) is 0 Å². The molecule has 1 aromatic heterocycles. The number of pyridine rings is 1. The molecule has 1 fully saturated rings. The van der Waals surface area contributed by atoms with Gasteiger partial charge in [-0.1, -0.05) is 18.2 Å². The molecule has 1 N–H and O–H groups in total. The zero-order chi connectivity index (χ0) is 16.9. The van der Waals surface area contributed by atoms with Gasteiger partial charge in [-0.15, -0.1) is 12.4 Å². The number of hydrogen-bond donors (Lipinski definition) is 1. The van der Waals surface area contributed by atoms with Crippen LogP contribution in [0.2, 0.25) is 0 Å². The summed E-state index contributed by atoms with van der Waals surface area (Å²) in [5, 5.41) is 3.41. The molecule has 2 heterocycles. The fourth-order valence-electron chi connectivity index (χ4n) is 3.11. The lowest BCUT2D eigenvalue weighted by Gasteiger charge is -2.36. The number of nitrogens with one attached hydrogen (secondary N) is 1. The maximum Gasteiger partial charge on any atom is 0.128 e. The van der Waals surface area contributed by atoms with Gasteiger partial charge >= 0.3 is 0 Å². The van der Waals surface area contributed by atoms with E-state index in [1.165, 1.54) is 11.6 Å². The zero-order valence-corrected chi connectivity index (χ0v) is 15.6. The van der Waals surface area contributed by atoms with Crippen molar-refractivity contribution in [3.63, 3.8) is 0 Å². The fraction of sp³-hybridized carbons (Fsp3) is 0.421. The summed E-state index contributed by atoms with van der Waals surface area (Å²) in [6.45, 7) is 6.61. The van der Waals surface area contributed by atoms with Crippen LogP contribution in [0.15, 0.2) is 42.6 Å². The predicted molar refractivity (Wildman–Crippen MR) is 103 cm³/mol. The van der Waals surface area contributed by atoms with Crippen LogP contribution < -0.4 is 10.2 Å². The first kappa shape index (κ1) is 19.6. The minimum Gasteiger partial charge on any atom is -0.360 e. The lowest BCUT2D eigenvalue weighted by Crippen LogP contribution is -2.45. The first-order valence-electron chi connectivity index (χ1n) is 8.53. The summed E-state index contributed by atoms with van der Waals surface area (Å²) in [6, 6.07) is 11.3. The van der Waals surface area contributed by atoms with E-state index in [1.807, 2.05) is 19.3 Å². The highest BCUT2D eigenvalue weighted by Crippen LogP contribution is 2.25. The summed E-state index contributed by atoms with van der Waals surface area (Å²) in [5.74, 6) is 0.815. The Morgan fingerprint density at radius 1 is 1.32 bits per heavy atom. The molecule has 4 nitrogen and oxygen atoms in total. The SMILES string of the molecule is CCN(C)c1ccc(CN2CCNCC2c2cccc(F)c2)cn1.Cl. The minimum absolute atomic E-state index is 0. The Hall–Kier alpha value is -1.69. The molecule has 25 heavy (non-hydrogen) atoms. The Labute approximate surface area is 155 Å². The van der Waals surface area contributed by atoms with E-state index in [0.717, 1.165) is 44.1 Å². The van der Waals surface area contributed by atoms with Crippen LogP contribution in [0.5, 0.6) is 0 Å². The molecule has 1 aromatic carbocycles. The van der Waals surface area contributed by atoms with E-state index in [9.17, 15) is 4.39 Å². The highest BCUT2D eigenvalue weighted by atomic mass is 35.5. The normalized spacial score (nSPS) is 17.8. The number of rotatable bonds is 5. The summed E-state index contributed by atoms with van der Waals surface area (Å²) in [7, 11) is 2.04. The molecule has 1 aliphatic heterocycles. The molecular formula is C19H26ClFN4. The number of piperazine rings is 1. The average Bonchev–Trinajstić information content (AvgIpc) is 2.62. The number of anilines is 1. The molecule has 1 unspecified atom stereocenters. The largest absolute Gasteiger partial charge is 0.360 e. The van der Waals surface area contributed by atoms with E-state index in [2.05, 4.69) is 39.2 Å². The molecule has 136 valence electrons. The van der Waals surface area contributed by atoms with Crippen LogP contribution in [-0.4, -0.2) is 43.1 Å². The van der Waals surface area contributed by atoms with Crippen LogP contribution in [-0.2, 0) is 6.54 Å². The summed E-state index contributed by atoms with van der Waals surface area (Å²) in [4.78, 5) is 9.06. The maximum absolute atomic E-state index is 13.6. The van der Waals surface area contributed by atoms with Gasteiger partial charge in [-0.25, -0.2) is 9.37 Å². The summed E-state index contributed by atoms with van der Waals surface area (Å²) in [6.07, 6.45) is 1.95. The van der Waals surface area contributed by atoms with Gasteiger partial charge in [0.1, 0.15) is 11.6 Å². The third-order valence-corrected chi connectivity index (χ3v) is 4.65. The number of nitrogens with zero attached hydrogens (tertiary/aromatic N) is 3. The lowest BCUT2D eigenvalue weighted by molar-refractivity contribution is 0.153. The molecule has 6 heteroatoms. The Bertz CT molecular complexity index is 665. The number of hydrogen-bond acceptors (Lipinski definition) is 4. The Balaban J connectivity index is 0.00000225. The average molecular weight is 365 g/mol. The molecule has 0 aliphatic carbocycles. The smallest absolute Gasteiger partial charge is 0.128 e. The zero-order valence-electron chi connectivity index (χ0n) is 14.8. The van der Waals surface area contributed by atoms with E-state index >= 15 is 0 Å². The standard InChI is InChI=1S/C19H25FN4.ClH/c1-3-23(2)19-8-7-15(12-22-19)14-24-10-9-21-13-18(24)16-5-4-6-17(20)11-16;/h4-8,11-12,18,21H,3,9-10,13-14H2,1-2H3;1H. The molecule has 1 atom stereocenters. The van der Waals surface area contributed by atoms with Crippen LogP contribution >= 0.6 is 12.4 Å². The Morgan fingerprint density at radius 2 is 2.16 bits per heavy atom. The van der Waals surface area contributed by atoms with E-state index < -0.39 is 0 Å². The second-order valence-corrected chi connectivity index (χ2v) is 6.28. The third kappa shape index (κ3) is 4.91. The monoisotopic (exact) mass is 364 g/mol. The van der Waals surface area contributed by atoms with Crippen molar-refractivity contribution in [2.45, 2.75) is 19.5 Å². The Morgan fingerprint density at radius 3 is 2.84 bits per heavy atom. The Kier molecular flexibility index (Phi) is 7.17. The summed E-state index contributed by atoms with van der Waals surface area (Å²) >= 11 is 0. The van der Waals surface area contributed by atoms with Crippen molar-refractivity contribution < 1.29 is 4.39 Å². The molecule has 2 aromatic rings. The van der Waals surface area contributed by atoms with Crippen molar-refractivity contribution in [3.8, 4) is 0 Å². The van der Waals surface area contributed by atoms with Crippen molar-refractivity contribution in [3.05, 3.63) is 59.5 Å². The van der Waals surface area contributed by atoms with E-state index in [1.54, 1.807) is 12.1 Å². The highest BCUT2D eigenvalue weighted by molar-refractivity contribution is 5.85. The molecule has 0 radical (unpaired) electrons. The van der Waals surface area contributed by atoms with Crippen molar-refractivity contribution in [2.75, 3.05) is 38.1 Å². The van der Waals surface area contributed by atoms with Crippen LogP contribution in [0.3, 0.4) is 0 Å². The topological polar surface area (TPSA) is 31.4 Å². The summed E-state index contributed by atoms with van der Waals surface area (Å²) < 4.78 is 13.6. The van der Waals surface area contributed by atoms with Gasteiger partial charge in [0.15, 0.2) is 0 Å².